The molecule has 1 unspecified atom stereocenters. The molecule has 6 heteroatoms. The van der Waals surface area contributed by atoms with Crippen molar-refractivity contribution in [3.63, 3.8) is 0 Å². The second-order valence-corrected chi connectivity index (χ2v) is 8.61. The Hall–Kier alpha value is 0.0900. The van der Waals surface area contributed by atoms with Gasteiger partial charge in [-0.05, 0) is 37.8 Å². The highest BCUT2D eigenvalue weighted by molar-refractivity contribution is 9.09. The first-order chi connectivity index (χ1) is 8.04. The van der Waals surface area contributed by atoms with Crippen molar-refractivity contribution in [2.24, 2.45) is 5.92 Å². The lowest BCUT2D eigenvalue weighted by atomic mass is 10.1. The molecule has 17 heavy (non-hydrogen) atoms. The first-order valence-corrected chi connectivity index (χ1v) is 9.04. The highest BCUT2D eigenvalue weighted by Gasteiger charge is 2.32. The number of aryl methyl sites for hydroxylation is 1. The van der Waals surface area contributed by atoms with Crippen LogP contribution >= 0.6 is 27.3 Å². The Morgan fingerprint density at radius 3 is 2.88 bits per heavy atom. The first-order valence-electron chi connectivity index (χ1n) is 5.66. The Morgan fingerprint density at radius 1 is 1.53 bits per heavy atom. The molecule has 1 aliphatic heterocycles. The Kier molecular flexibility index (Phi) is 4.28. The van der Waals surface area contributed by atoms with Gasteiger partial charge in [0.1, 0.15) is 4.21 Å². The number of thiophene rings is 1. The van der Waals surface area contributed by atoms with E-state index >= 15 is 0 Å². The molecule has 0 radical (unpaired) electrons. The predicted molar refractivity (Wildman–Crippen MR) is 74.3 cm³/mol. The van der Waals surface area contributed by atoms with E-state index in [-0.39, 0.29) is 0 Å². The summed E-state index contributed by atoms with van der Waals surface area (Å²) < 4.78 is 26.8. The van der Waals surface area contributed by atoms with Gasteiger partial charge in [0.2, 0.25) is 0 Å². The number of alkyl halides is 1. The minimum atomic E-state index is -3.23. The maximum atomic E-state index is 12.3. The third-order valence-corrected chi connectivity index (χ3v) is 6.87. The van der Waals surface area contributed by atoms with E-state index in [1.165, 1.54) is 11.3 Å². The van der Waals surface area contributed by atoms with Crippen LogP contribution in [0, 0.1) is 12.8 Å². The highest BCUT2D eigenvalue weighted by Crippen LogP contribution is 2.29. The lowest BCUT2D eigenvalue weighted by Crippen LogP contribution is -2.28. The molecule has 0 aliphatic carbocycles. The van der Waals surface area contributed by atoms with Crippen LogP contribution in [-0.2, 0) is 10.0 Å². The molecule has 0 saturated carbocycles. The van der Waals surface area contributed by atoms with Crippen LogP contribution in [0.5, 0.6) is 0 Å². The summed E-state index contributed by atoms with van der Waals surface area (Å²) in [5.41, 5.74) is 0. The average molecular weight is 338 g/mol. The fourth-order valence-corrected chi connectivity index (χ4v) is 5.70. The van der Waals surface area contributed by atoms with Crippen molar-refractivity contribution in [3.05, 3.63) is 17.0 Å². The van der Waals surface area contributed by atoms with Crippen LogP contribution in [0.3, 0.4) is 0 Å². The molecule has 96 valence electrons. The van der Waals surface area contributed by atoms with Crippen LogP contribution in [0.25, 0.3) is 0 Å². The van der Waals surface area contributed by atoms with E-state index < -0.39 is 10.0 Å². The third-order valence-electron chi connectivity index (χ3n) is 3.08. The maximum Gasteiger partial charge on any atom is 0.252 e. The van der Waals surface area contributed by atoms with Gasteiger partial charge in [0.25, 0.3) is 10.0 Å². The van der Waals surface area contributed by atoms with E-state index in [1.807, 2.05) is 13.0 Å². The van der Waals surface area contributed by atoms with Gasteiger partial charge in [-0.3, -0.25) is 0 Å². The summed E-state index contributed by atoms with van der Waals surface area (Å²) in [7, 11) is -3.23. The molecule has 1 aromatic heterocycles. The van der Waals surface area contributed by atoms with Crippen molar-refractivity contribution in [1.82, 2.24) is 4.31 Å². The molecule has 0 aromatic carbocycles. The number of rotatable bonds is 4. The van der Waals surface area contributed by atoms with E-state index in [4.69, 9.17) is 0 Å². The van der Waals surface area contributed by atoms with Gasteiger partial charge < -0.3 is 0 Å². The first kappa shape index (κ1) is 13.5. The molecule has 1 saturated heterocycles. The molecule has 1 atom stereocenters. The van der Waals surface area contributed by atoms with Crippen LogP contribution in [0.4, 0.5) is 0 Å². The third kappa shape index (κ3) is 2.92. The standard InChI is InChI=1S/C11H16BrNO2S2/c1-9-2-3-11(16-9)17(14,15)13-7-5-10(8-13)4-6-12/h2-3,10H,4-8H2,1H3. The van der Waals surface area contributed by atoms with Crippen LogP contribution in [0.2, 0.25) is 0 Å². The smallest absolute Gasteiger partial charge is 0.206 e. The molecule has 3 nitrogen and oxygen atoms in total. The van der Waals surface area contributed by atoms with Crippen molar-refractivity contribution in [2.75, 3.05) is 18.4 Å². The summed E-state index contributed by atoms with van der Waals surface area (Å²) in [6.07, 6.45) is 2.03. The van der Waals surface area contributed by atoms with Gasteiger partial charge in [0, 0.05) is 23.3 Å². The van der Waals surface area contributed by atoms with Crippen LogP contribution in [0.15, 0.2) is 16.3 Å². The maximum absolute atomic E-state index is 12.3. The van der Waals surface area contributed by atoms with Gasteiger partial charge >= 0.3 is 0 Å². The van der Waals surface area contributed by atoms with E-state index in [0.717, 1.165) is 23.0 Å². The number of halogens is 1. The van der Waals surface area contributed by atoms with Crippen LogP contribution in [-0.4, -0.2) is 31.1 Å². The molecule has 0 bridgehead atoms. The van der Waals surface area contributed by atoms with E-state index in [1.54, 1.807) is 10.4 Å². The van der Waals surface area contributed by atoms with Gasteiger partial charge in [0.05, 0.1) is 0 Å². The second-order valence-electron chi connectivity index (χ2n) is 4.36. The summed E-state index contributed by atoms with van der Waals surface area (Å²) in [5, 5.41) is 0.948. The molecule has 2 rings (SSSR count). The lowest BCUT2D eigenvalue weighted by molar-refractivity contribution is 0.455. The Morgan fingerprint density at radius 2 is 2.29 bits per heavy atom. The minimum absolute atomic E-state index is 0.481. The van der Waals surface area contributed by atoms with E-state index in [9.17, 15) is 8.42 Å². The molecule has 0 N–H and O–H groups in total. The highest BCUT2D eigenvalue weighted by atomic mass is 79.9. The zero-order valence-electron chi connectivity index (χ0n) is 9.73. The SMILES string of the molecule is Cc1ccc(S(=O)(=O)N2CCC(CCBr)C2)s1. The molecular weight excluding hydrogens is 322 g/mol. The fraction of sp³-hybridized carbons (Fsp3) is 0.636. The molecule has 1 aliphatic rings. The monoisotopic (exact) mass is 337 g/mol. The zero-order valence-corrected chi connectivity index (χ0v) is 12.9. The number of hydrogen-bond donors (Lipinski definition) is 0. The van der Waals surface area contributed by atoms with Gasteiger partial charge in [-0.1, -0.05) is 15.9 Å². The van der Waals surface area contributed by atoms with Gasteiger partial charge in [-0.15, -0.1) is 11.3 Å². The summed E-state index contributed by atoms with van der Waals surface area (Å²) in [6.45, 7) is 3.27. The second kappa shape index (κ2) is 5.38. The van der Waals surface area contributed by atoms with Gasteiger partial charge in [0.15, 0.2) is 0 Å². The van der Waals surface area contributed by atoms with Crippen molar-refractivity contribution in [1.29, 1.82) is 0 Å². The van der Waals surface area contributed by atoms with Gasteiger partial charge in [-0.2, -0.15) is 4.31 Å². The topological polar surface area (TPSA) is 37.4 Å². The minimum Gasteiger partial charge on any atom is -0.206 e. The molecule has 1 aromatic rings. The Balaban J connectivity index is 2.13. The molecule has 0 amide bonds. The summed E-state index contributed by atoms with van der Waals surface area (Å²) in [4.78, 5) is 1.04. The number of nitrogens with zero attached hydrogens (tertiary/aromatic N) is 1. The van der Waals surface area contributed by atoms with Crippen LogP contribution < -0.4 is 0 Å². The fourth-order valence-electron chi connectivity index (χ4n) is 2.08. The molecular formula is C11H16BrNO2S2. The van der Waals surface area contributed by atoms with Crippen molar-refractivity contribution in [2.45, 2.75) is 24.0 Å². The van der Waals surface area contributed by atoms with E-state index in [2.05, 4.69) is 15.9 Å². The Labute approximate surface area is 115 Å². The zero-order chi connectivity index (χ0) is 12.5. The quantitative estimate of drug-likeness (QED) is 0.792. The van der Waals surface area contributed by atoms with E-state index in [0.29, 0.717) is 23.2 Å². The average Bonchev–Trinajstić information content (AvgIpc) is 2.88. The lowest BCUT2D eigenvalue weighted by Gasteiger charge is -2.15. The van der Waals surface area contributed by atoms with Crippen molar-refractivity contribution in [3.8, 4) is 0 Å². The summed E-state index contributed by atoms with van der Waals surface area (Å²) >= 11 is 4.77. The number of hydrogen-bond acceptors (Lipinski definition) is 3. The van der Waals surface area contributed by atoms with Gasteiger partial charge in [-0.25, -0.2) is 8.42 Å². The van der Waals surface area contributed by atoms with Crippen molar-refractivity contribution < 1.29 is 8.42 Å². The summed E-state index contributed by atoms with van der Waals surface area (Å²) in [6, 6.07) is 3.58. The Bertz CT molecular complexity index is 483. The van der Waals surface area contributed by atoms with Crippen molar-refractivity contribution >= 4 is 37.3 Å². The molecule has 2 heterocycles. The van der Waals surface area contributed by atoms with Crippen LogP contribution in [0.1, 0.15) is 17.7 Å². The summed E-state index contributed by atoms with van der Waals surface area (Å²) in [5.74, 6) is 0.505. The normalized spacial score (nSPS) is 22.1. The largest absolute Gasteiger partial charge is 0.252 e. The number of sulfonamides is 1. The predicted octanol–water partition coefficient (Wildman–Crippen LogP) is 2.85. The molecule has 0 spiro atoms. The molecule has 1 fully saturated rings.